The van der Waals surface area contributed by atoms with E-state index in [4.69, 9.17) is 0 Å². The zero-order chi connectivity index (χ0) is 20.4. The van der Waals surface area contributed by atoms with Crippen LogP contribution in [-0.4, -0.2) is 16.5 Å². The summed E-state index contributed by atoms with van der Waals surface area (Å²) in [6, 6.07) is 22.8. The van der Waals surface area contributed by atoms with Crippen LogP contribution < -0.4 is 5.01 Å². The molecule has 0 N–H and O–H groups in total. The predicted octanol–water partition coefficient (Wildman–Crippen LogP) is 5.19. The average Bonchev–Trinajstić information content (AvgIpc) is 3.06. The number of nitro groups is 1. The molecule has 1 amide bonds. The van der Waals surface area contributed by atoms with E-state index in [1.807, 2.05) is 54.6 Å². The lowest BCUT2D eigenvalue weighted by Gasteiger charge is -2.11. The molecule has 0 atom stereocenters. The quantitative estimate of drug-likeness (QED) is 0.313. The van der Waals surface area contributed by atoms with Crippen molar-refractivity contribution in [2.24, 2.45) is 5.10 Å². The number of benzene rings is 3. The molecule has 1 aliphatic rings. The third kappa shape index (κ3) is 3.86. The Hall–Kier alpha value is -3.58. The van der Waals surface area contributed by atoms with Crippen LogP contribution in [0, 0.1) is 10.1 Å². The van der Waals surface area contributed by atoms with E-state index in [0.717, 1.165) is 15.6 Å². The molecule has 0 saturated heterocycles. The van der Waals surface area contributed by atoms with Crippen molar-refractivity contribution in [3.63, 3.8) is 0 Å². The molecule has 6 nitrogen and oxygen atoms in total. The van der Waals surface area contributed by atoms with E-state index in [-0.39, 0.29) is 11.6 Å². The molecule has 0 aromatic heterocycles. The Kier molecular flexibility index (Phi) is 5.05. The van der Waals surface area contributed by atoms with Crippen LogP contribution in [0.1, 0.15) is 11.1 Å². The summed E-state index contributed by atoms with van der Waals surface area (Å²) in [5, 5.41) is 16.7. The number of nitrogens with zero attached hydrogens (tertiary/aromatic N) is 3. The highest BCUT2D eigenvalue weighted by Crippen LogP contribution is 2.29. The third-order valence-corrected chi connectivity index (χ3v) is 4.94. The number of non-ortho nitro benzene ring substituents is 1. The summed E-state index contributed by atoms with van der Waals surface area (Å²) in [5.41, 5.74) is 3.11. The van der Waals surface area contributed by atoms with Crippen molar-refractivity contribution in [1.29, 1.82) is 0 Å². The Balaban J connectivity index is 1.78. The first-order valence-corrected chi connectivity index (χ1v) is 9.53. The normalized spacial score (nSPS) is 14.9. The predicted molar refractivity (Wildman–Crippen MR) is 116 cm³/mol. The minimum Gasteiger partial charge on any atom is -0.267 e. The van der Waals surface area contributed by atoms with Crippen LogP contribution in [-0.2, 0) is 4.79 Å². The molecule has 0 radical (unpaired) electrons. The van der Waals surface area contributed by atoms with Gasteiger partial charge in [0, 0.05) is 22.2 Å². The van der Waals surface area contributed by atoms with Crippen molar-refractivity contribution in [3.8, 4) is 0 Å². The maximum Gasteiger partial charge on any atom is 0.281 e. The summed E-state index contributed by atoms with van der Waals surface area (Å²) in [5.74, 6) is -0.291. The largest absolute Gasteiger partial charge is 0.281 e. The molecule has 142 valence electrons. The summed E-state index contributed by atoms with van der Waals surface area (Å²) < 4.78 is 0.946. The van der Waals surface area contributed by atoms with Crippen molar-refractivity contribution < 1.29 is 9.72 Å². The molecule has 29 heavy (non-hydrogen) atoms. The standard InChI is InChI=1S/C22H14BrN3O3/c23-17-8-6-15(7-9-17)14-20-21(16-4-2-1-3-5-16)24-25(22(20)27)18-10-12-19(13-11-18)26(28)29/h1-14H/b20-14-. The molecule has 3 aromatic carbocycles. The topological polar surface area (TPSA) is 75.8 Å². The van der Waals surface area contributed by atoms with Gasteiger partial charge in [-0.2, -0.15) is 10.1 Å². The van der Waals surface area contributed by atoms with Gasteiger partial charge in [-0.3, -0.25) is 14.9 Å². The summed E-state index contributed by atoms with van der Waals surface area (Å²) in [6.07, 6.45) is 1.80. The van der Waals surface area contributed by atoms with Crippen molar-refractivity contribution in [3.05, 3.63) is 110 Å². The fraction of sp³-hybridized carbons (Fsp3) is 0. The maximum absolute atomic E-state index is 13.2. The van der Waals surface area contributed by atoms with Gasteiger partial charge in [-0.05, 0) is 35.9 Å². The highest BCUT2D eigenvalue weighted by atomic mass is 79.9. The summed E-state index contributed by atoms with van der Waals surface area (Å²) in [7, 11) is 0. The van der Waals surface area contributed by atoms with E-state index in [1.54, 1.807) is 6.08 Å². The summed E-state index contributed by atoms with van der Waals surface area (Å²) in [6.45, 7) is 0. The Morgan fingerprint density at radius 2 is 1.59 bits per heavy atom. The zero-order valence-corrected chi connectivity index (χ0v) is 16.6. The smallest absolute Gasteiger partial charge is 0.267 e. The van der Waals surface area contributed by atoms with Crippen LogP contribution in [0.25, 0.3) is 6.08 Å². The van der Waals surface area contributed by atoms with E-state index in [0.29, 0.717) is 17.0 Å². The number of rotatable bonds is 4. The van der Waals surface area contributed by atoms with Crippen LogP contribution in [0.15, 0.2) is 94.0 Å². The highest BCUT2D eigenvalue weighted by molar-refractivity contribution is 9.10. The number of anilines is 1. The van der Waals surface area contributed by atoms with Crippen LogP contribution in [0.2, 0.25) is 0 Å². The van der Waals surface area contributed by atoms with Gasteiger partial charge in [0.15, 0.2) is 0 Å². The van der Waals surface area contributed by atoms with Crippen LogP contribution >= 0.6 is 15.9 Å². The molecule has 0 bridgehead atoms. The number of amides is 1. The summed E-state index contributed by atoms with van der Waals surface area (Å²) in [4.78, 5) is 23.6. The Morgan fingerprint density at radius 3 is 2.21 bits per heavy atom. The second-order valence-corrected chi connectivity index (χ2v) is 7.23. The van der Waals surface area contributed by atoms with Crippen LogP contribution in [0.5, 0.6) is 0 Å². The van der Waals surface area contributed by atoms with Gasteiger partial charge in [0.2, 0.25) is 0 Å². The van der Waals surface area contributed by atoms with Gasteiger partial charge in [-0.15, -0.1) is 0 Å². The number of carbonyl (C=O) groups is 1. The van der Waals surface area contributed by atoms with E-state index in [2.05, 4.69) is 21.0 Å². The maximum atomic E-state index is 13.2. The fourth-order valence-electron chi connectivity index (χ4n) is 2.97. The Morgan fingerprint density at radius 1 is 0.931 bits per heavy atom. The zero-order valence-electron chi connectivity index (χ0n) is 15.0. The van der Waals surface area contributed by atoms with Crippen LogP contribution in [0.3, 0.4) is 0 Å². The molecule has 1 heterocycles. The molecule has 0 fully saturated rings. The lowest BCUT2D eigenvalue weighted by atomic mass is 10.0. The molecule has 0 spiro atoms. The molecule has 0 unspecified atom stereocenters. The molecule has 1 aliphatic heterocycles. The Labute approximate surface area is 175 Å². The van der Waals surface area contributed by atoms with E-state index >= 15 is 0 Å². The van der Waals surface area contributed by atoms with E-state index in [9.17, 15) is 14.9 Å². The number of carbonyl (C=O) groups excluding carboxylic acids is 1. The third-order valence-electron chi connectivity index (χ3n) is 4.41. The number of hydrazone groups is 1. The molecular formula is C22H14BrN3O3. The van der Waals surface area contributed by atoms with Crippen molar-refractivity contribution in [2.45, 2.75) is 0 Å². The van der Waals surface area contributed by atoms with Crippen molar-refractivity contribution in [2.75, 3.05) is 5.01 Å². The highest BCUT2D eigenvalue weighted by Gasteiger charge is 2.32. The van der Waals surface area contributed by atoms with Crippen LogP contribution in [0.4, 0.5) is 11.4 Å². The summed E-state index contributed by atoms with van der Waals surface area (Å²) >= 11 is 3.41. The van der Waals surface area contributed by atoms with Gasteiger partial charge < -0.3 is 0 Å². The number of hydrogen-bond acceptors (Lipinski definition) is 4. The minimum atomic E-state index is -0.479. The first-order chi connectivity index (χ1) is 14.0. The van der Waals surface area contributed by atoms with Gasteiger partial charge in [0.05, 0.1) is 16.2 Å². The van der Waals surface area contributed by atoms with E-state index < -0.39 is 4.92 Å². The molecular weight excluding hydrogens is 434 g/mol. The van der Waals surface area contributed by atoms with Crippen molar-refractivity contribution in [1.82, 2.24) is 0 Å². The van der Waals surface area contributed by atoms with Gasteiger partial charge >= 0.3 is 0 Å². The van der Waals surface area contributed by atoms with Gasteiger partial charge in [-0.25, -0.2) is 0 Å². The van der Waals surface area contributed by atoms with E-state index in [1.165, 1.54) is 29.3 Å². The monoisotopic (exact) mass is 447 g/mol. The number of hydrogen-bond donors (Lipinski definition) is 0. The SMILES string of the molecule is O=C1/C(=C\c2ccc(Br)cc2)C(c2ccccc2)=NN1c1ccc([N+](=O)[O-])cc1. The van der Waals surface area contributed by atoms with Gasteiger partial charge in [-0.1, -0.05) is 58.4 Å². The molecule has 7 heteroatoms. The average molecular weight is 448 g/mol. The lowest BCUT2D eigenvalue weighted by molar-refractivity contribution is -0.384. The molecule has 4 rings (SSSR count). The number of nitro benzene ring substituents is 1. The first-order valence-electron chi connectivity index (χ1n) is 8.73. The lowest BCUT2D eigenvalue weighted by Crippen LogP contribution is -2.21. The number of halogens is 1. The Bertz CT molecular complexity index is 1140. The second kappa shape index (κ2) is 7.81. The molecule has 3 aromatic rings. The van der Waals surface area contributed by atoms with Crippen molar-refractivity contribution >= 4 is 45.0 Å². The minimum absolute atomic E-state index is 0.0433. The molecule has 0 saturated carbocycles. The molecule has 0 aliphatic carbocycles. The first kappa shape index (κ1) is 18.8. The van der Waals surface area contributed by atoms with Gasteiger partial charge in [0.25, 0.3) is 11.6 Å². The van der Waals surface area contributed by atoms with Gasteiger partial charge in [0.1, 0.15) is 5.71 Å². The second-order valence-electron chi connectivity index (χ2n) is 6.31. The fourth-order valence-corrected chi connectivity index (χ4v) is 3.23.